The van der Waals surface area contributed by atoms with Gasteiger partial charge in [-0.2, -0.15) is 0 Å². The maximum absolute atomic E-state index is 2.37. The first kappa shape index (κ1) is 8.79. The first-order valence-corrected chi connectivity index (χ1v) is 6.82. The molecule has 0 aromatic heterocycles. The van der Waals surface area contributed by atoms with Crippen molar-refractivity contribution in [2.75, 3.05) is 0 Å². The maximum Gasteiger partial charge on any atom is 0.0740 e. The van der Waals surface area contributed by atoms with Crippen LogP contribution in [0.2, 0.25) is 13.1 Å². The van der Waals surface area contributed by atoms with Gasteiger partial charge in [-0.3, -0.25) is 0 Å². The van der Waals surface area contributed by atoms with E-state index < -0.39 is 0 Å². The molecule has 0 nitrogen and oxygen atoms in total. The number of allylic oxidation sites excluding steroid dienone is 4. The van der Waals surface area contributed by atoms with Gasteiger partial charge in [-0.05, 0) is 11.8 Å². The smallest absolute Gasteiger partial charge is 0.0740 e. The van der Waals surface area contributed by atoms with Crippen LogP contribution in [0.1, 0.15) is 13.8 Å². The summed E-state index contributed by atoms with van der Waals surface area (Å²) in [6, 6.07) is 0. The Hall–Kier alpha value is -0.303. The Morgan fingerprint density at radius 3 is 2.36 bits per heavy atom. The zero-order chi connectivity index (χ0) is 8.43. The third kappa shape index (κ3) is 1.83. The minimum absolute atomic E-state index is 0.207. The van der Waals surface area contributed by atoms with Crippen LogP contribution in [0.5, 0.6) is 0 Å². The third-order valence-electron chi connectivity index (χ3n) is 2.55. The first-order chi connectivity index (χ1) is 5.13. The van der Waals surface area contributed by atoms with E-state index in [-0.39, 0.29) is 8.80 Å². The molecule has 0 N–H and O–H groups in total. The van der Waals surface area contributed by atoms with Crippen LogP contribution in [-0.4, -0.2) is 8.80 Å². The Labute approximate surface area is 71.6 Å². The molecule has 1 aliphatic rings. The molecule has 61 valence electrons. The molecule has 0 amide bonds. The molecule has 0 aliphatic heterocycles. The lowest BCUT2D eigenvalue weighted by molar-refractivity contribution is 0.540. The molecule has 1 aliphatic carbocycles. The highest BCUT2D eigenvalue weighted by molar-refractivity contribution is 6.64. The third-order valence-corrected chi connectivity index (χ3v) is 4.32. The highest BCUT2D eigenvalue weighted by Gasteiger charge is 2.19. The SMILES string of the molecule is C[C@@H]1C([Si](C)C)=CC=C[C@@H]1C. The van der Waals surface area contributed by atoms with Crippen molar-refractivity contribution < 1.29 is 0 Å². The number of hydrogen-bond donors (Lipinski definition) is 0. The molecule has 0 saturated heterocycles. The quantitative estimate of drug-likeness (QED) is 0.524. The minimum Gasteiger partial charge on any atom is -0.0811 e. The summed E-state index contributed by atoms with van der Waals surface area (Å²) in [6.45, 7) is 9.40. The van der Waals surface area contributed by atoms with Gasteiger partial charge in [0.2, 0.25) is 0 Å². The second kappa shape index (κ2) is 3.40. The highest BCUT2D eigenvalue weighted by atomic mass is 28.3. The van der Waals surface area contributed by atoms with Gasteiger partial charge in [0.05, 0.1) is 8.80 Å². The molecule has 0 fully saturated rings. The molecule has 2 atom stereocenters. The molecule has 1 rings (SSSR count). The summed E-state index contributed by atoms with van der Waals surface area (Å²) in [4.78, 5) is 0. The Kier molecular flexibility index (Phi) is 2.71. The van der Waals surface area contributed by atoms with Gasteiger partial charge >= 0.3 is 0 Å². The molecular weight excluding hydrogens is 148 g/mol. The van der Waals surface area contributed by atoms with Crippen LogP contribution in [0, 0.1) is 11.8 Å². The molecule has 0 aromatic rings. The molecule has 1 radical (unpaired) electrons. The Morgan fingerprint density at radius 1 is 1.27 bits per heavy atom. The van der Waals surface area contributed by atoms with E-state index in [0.29, 0.717) is 0 Å². The van der Waals surface area contributed by atoms with Crippen LogP contribution in [0.15, 0.2) is 23.4 Å². The highest BCUT2D eigenvalue weighted by Crippen LogP contribution is 2.26. The van der Waals surface area contributed by atoms with Crippen LogP contribution in [0.4, 0.5) is 0 Å². The minimum atomic E-state index is -0.207. The molecule has 0 bridgehead atoms. The fourth-order valence-electron chi connectivity index (χ4n) is 1.56. The van der Waals surface area contributed by atoms with Crippen LogP contribution >= 0.6 is 0 Å². The lowest BCUT2D eigenvalue weighted by atomic mass is 9.91. The zero-order valence-electron chi connectivity index (χ0n) is 7.89. The van der Waals surface area contributed by atoms with Gasteiger partial charge in [0.15, 0.2) is 0 Å². The van der Waals surface area contributed by atoms with Crippen molar-refractivity contribution in [1.82, 2.24) is 0 Å². The van der Waals surface area contributed by atoms with E-state index in [2.05, 4.69) is 45.2 Å². The van der Waals surface area contributed by atoms with E-state index in [4.69, 9.17) is 0 Å². The van der Waals surface area contributed by atoms with Crippen molar-refractivity contribution in [1.29, 1.82) is 0 Å². The van der Waals surface area contributed by atoms with Gasteiger partial charge in [-0.15, -0.1) is 0 Å². The molecule has 1 heteroatoms. The molecule has 0 aromatic carbocycles. The fraction of sp³-hybridized carbons (Fsp3) is 0.600. The van der Waals surface area contributed by atoms with Crippen LogP contribution in [0.25, 0.3) is 0 Å². The van der Waals surface area contributed by atoms with Crippen molar-refractivity contribution in [2.24, 2.45) is 11.8 Å². The summed E-state index contributed by atoms with van der Waals surface area (Å²) in [5.41, 5.74) is 0. The van der Waals surface area contributed by atoms with Crippen molar-refractivity contribution in [3.63, 3.8) is 0 Å². The van der Waals surface area contributed by atoms with Crippen molar-refractivity contribution in [3.05, 3.63) is 23.4 Å². The van der Waals surface area contributed by atoms with Gasteiger partial charge in [0.1, 0.15) is 0 Å². The molecule has 0 spiro atoms. The predicted octanol–water partition coefficient (Wildman–Crippen LogP) is 3.05. The van der Waals surface area contributed by atoms with E-state index in [0.717, 1.165) is 11.8 Å². The topological polar surface area (TPSA) is 0 Å². The van der Waals surface area contributed by atoms with E-state index in [1.165, 1.54) is 0 Å². The van der Waals surface area contributed by atoms with Crippen LogP contribution in [0.3, 0.4) is 0 Å². The zero-order valence-corrected chi connectivity index (χ0v) is 8.89. The van der Waals surface area contributed by atoms with Gasteiger partial charge in [0.25, 0.3) is 0 Å². The average molecular weight is 165 g/mol. The van der Waals surface area contributed by atoms with Gasteiger partial charge < -0.3 is 0 Å². The summed E-state index contributed by atoms with van der Waals surface area (Å²) < 4.78 is 0. The molecule has 11 heavy (non-hydrogen) atoms. The van der Waals surface area contributed by atoms with Crippen molar-refractivity contribution >= 4 is 8.80 Å². The predicted molar refractivity (Wildman–Crippen MR) is 53.0 cm³/mol. The maximum atomic E-state index is 2.37. The summed E-state index contributed by atoms with van der Waals surface area (Å²) in [5.74, 6) is 1.53. The van der Waals surface area contributed by atoms with E-state index >= 15 is 0 Å². The van der Waals surface area contributed by atoms with Gasteiger partial charge in [0, 0.05) is 0 Å². The van der Waals surface area contributed by atoms with Gasteiger partial charge in [-0.1, -0.05) is 50.4 Å². The Bertz CT molecular complexity index is 189. The fourth-order valence-corrected chi connectivity index (χ4v) is 3.16. The summed E-state index contributed by atoms with van der Waals surface area (Å²) >= 11 is 0. The Morgan fingerprint density at radius 2 is 1.91 bits per heavy atom. The first-order valence-electron chi connectivity index (χ1n) is 4.32. The molecule has 0 unspecified atom stereocenters. The molecule has 0 heterocycles. The lowest BCUT2D eigenvalue weighted by Crippen LogP contribution is -2.20. The molecule has 0 saturated carbocycles. The largest absolute Gasteiger partial charge is 0.0811 e. The summed E-state index contributed by atoms with van der Waals surface area (Å²) in [6.07, 6.45) is 6.84. The van der Waals surface area contributed by atoms with Crippen molar-refractivity contribution in [3.8, 4) is 0 Å². The Balaban J connectivity index is 2.78. The molecular formula is C10H17Si. The second-order valence-electron chi connectivity index (χ2n) is 3.65. The normalized spacial score (nSPS) is 30.8. The van der Waals surface area contributed by atoms with E-state index in [9.17, 15) is 0 Å². The standard InChI is InChI=1S/C10H17Si/c1-8-6-5-7-10(9(8)2)11(3)4/h5-9H,1-4H3/t8-,9-/m0/s1. The second-order valence-corrected chi connectivity index (χ2v) is 6.23. The van der Waals surface area contributed by atoms with Gasteiger partial charge in [-0.25, -0.2) is 0 Å². The van der Waals surface area contributed by atoms with Crippen molar-refractivity contribution in [2.45, 2.75) is 26.9 Å². The van der Waals surface area contributed by atoms with Crippen LogP contribution < -0.4 is 0 Å². The monoisotopic (exact) mass is 165 g/mol. The lowest BCUT2D eigenvalue weighted by Gasteiger charge is -2.25. The van der Waals surface area contributed by atoms with E-state index in [1.807, 2.05) is 0 Å². The summed E-state index contributed by atoms with van der Waals surface area (Å²) in [5, 5.41) is 1.70. The number of hydrogen-bond acceptors (Lipinski definition) is 0. The average Bonchev–Trinajstić information content (AvgIpc) is 1.94. The van der Waals surface area contributed by atoms with Crippen LogP contribution in [-0.2, 0) is 0 Å². The van der Waals surface area contributed by atoms with E-state index in [1.54, 1.807) is 5.20 Å². The number of rotatable bonds is 1. The summed E-state index contributed by atoms with van der Waals surface area (Å²) in [7, 11) is -0.207.